The van der Waals surface area contributed by atoms with E-state index in [2.05, 4.69) is 26.6 Å². The molecule has 1 saturated heterocycles. The van der Waals surface area contributed by atoms with E-state index in [4.69, 9.17) is 9.47 Å². The van der Waals surface area contributed by atoms with E-state index in [0.717, 1.165) is 49.9 Å². The zero-order valence-corrected chi connectivity index (χ0v) is 21.3. The molecule has 0 bridgehead atoms. The van der Waals surface area contributed by atoms with Gasteiger partial charge in [0.15, 0.2) is 27.3 Å². The Balaban J connectivity index is 0.00000450. The van der Waals surface area contributed by atoms with Crippen LogP contribution in [0.4, 0.5) is 0 Å². The topological polar surface area (TPSA) is 92.3 Å². The molecule has 2 N–H and O–H groups in total. The Kier molecular flexibility index (Phi) is 12.4. The first-order valence-electron chi connectivity index (χ1n) is 10.1. The summed E-state index contributed by atoms with van der Waals surface area (Å²) in [6, 6.07) is 6.04. The van der Waals surface area contributed by atoms with Gasteiger partial charge in [-0.1, -0.05) is 6.07 Å². The quantitative estimate of drug-likeness (QED) is 0.196. The Hall–Kier alpha value is -1.27. The Labute approximate surface area is 197 Å². The SMILES string of the molecule is CCOc1cc(CCCNC(=NC)NCCN2CCS(=O)(=O)CC2)ccc1OC.I. The van der Waals surface area contributed by atoms with Crippen LogP contribution < -0.4 is 20.1 Å². The first kappa shape index (κ1) is 26.8. The van der Waals surface area contributed by atoms with E-state index in [1.165, 1.54) is 5.56 Å². The molecule has 0 unspecified atom stereocenters. The van der Waals surface area contributed by atoms with Crippen LogP contribution in [0.2, 0.25) is 0 Å². The van der Waals surface area contributed by atoms with Gasteiger partial charge in [0, 0.05) is 39.8 Å². The lowest BCUT2D eigenvalue weighted by Gasteiger charge is -2.26. The van der Waals surface area contributed by atoms with E-state index in [1.54, 1.807) is 14.2 Å². The monoisotopic (exact) mass is 554 g/mol. The Morgan fingerprint density at radius 3 is 2.50 bits per heavy atom. The highest BCUT2D eigenvalue weighted by atomic mass is 127. The molecule has 1 aliphatic rings. The molecule has 0 saturated carbocycles. The minimum Gasteiger partial charge on any atom is -0.493 e. The third-order valence-electron chi connectivity index (χ3n) is 4.84. The fourth-order valence-corrected chi connectivity index (χ4v) is 4.45. The number of benzene rings is 1. The van der Waals surface area contributed by atoms with Gasteiger partial charge in [-0.15, -0.1) is 24.0 Å². The zero-order chi connectivity index (χ0) is 21.1. The predicted molar refractivity (Wildman–Crippen MR) is 132 cm³/mol. The molecule has 1 heterocycles. The van der Waals surface area contributed by atoms with Gasteiger partial charge in [-0.3, -0.25) is 9.89 Å². The number of hydrogen-bond donors (Lipinski definition) is 2. The molecule has 30 heavy (non-hydrogen) atoms. The van der Waals surface area contributed by atoms with Crippen LogP contribution in [-0.4, -0.2) is 84.3 Å². The maximum atomic E-state index is 11.5. The van der Waals surface area contributed by atoms with Crippen LogP contribution in [0, 0.1) is 0 Å². The average Bonchev–Trinajstić information content (AvgIpc) is 2.71. The van der Waals surface area contributed by atoms with Crippen LogP contribution in [-0.2, 0) is 16.3 Å². The van der Waals surface area contributed by atoms with Crippen molar-refractivity contribution in [2.75, 3.05) is 65.0 Å². The lowest BCUT2D eigenvalue weighted by molar-refractivity contribution is 0.299. The number of hydrogen-bond acceptors (Lipinski definition) is 6. The highest BCUT2D eigenvalue weighted by molar-refractivity contribution is 14.0. The summed E-state index contributed by atoms with van der Waals surface area (Å²) in [5, 5.41) is 6.61. The zero-order valence-electron chi connectivity index (χ0n) is 18.1. The van der Waals surface area contributed by atoms with E-state index >= 15 is 0 Å². The van der Waals surface area contributed by atoms with Gasteiger partial charge in [0.1, 0.15) is 0 Å². The molecule has 10 heteroatoms. The van der Waals surface area contributed by atoms with Crippen LogP contribution in [0.5, 0.6) is 11.5 Å². The summed E-state index contributed by atoms with van der Waals surface area (Å²) in [6.45, 7) is 6.14. The molecule has 0 radical (unpaired) electrons. The highest BCUT2D eigenvalue weighted by Crippen LogP contribution is 2.28. The van der Waals surface area contributed by atoms with Crippen molar-refractivity contribution >= 4 is 39.8 Å². The normalized spacial score (nSPS) is 16.4. The van der Waals surface area contributed by atoms with Gasteiger partial charge in [-0.05, 0) is 37.5 Å². The second-order valence-electron chi connectivity index (χ2n) is 6.94. The number of sulfone groups is 1. The maximum absolute atomic E-state index is 11.5. The fraction of sp³-hybridized carbons (Fsp3) is 0.650. The largest absolute Gasteiger partial charge is 0.493 e. The van der Waals surface area contributed by atoms with Crippen LogP contribution in [0.15, 0.2) is 23.2 Å². The van der Waals surface area contributed by atoms with Crippen molar-refractivity contribution in [2.45, 2.75) is 19.8 Å². The number of nitrogens with one attached hydrogen (secondary N) is 2. The first-order chi connectivity index (χ1) is 14.0. The van der Waals surface area contributed by atoms with Crippen molar-refractivity contribution < 1.29 is 17.9 Å². The van der Waals surface area contributed by atoms with Gasteiger partial charge >= 0.3 is 0 Å². The third kappa shape index (κ3) is 9.25. The molecule has 8 nitrogen and oxygen atoms in total. The van der Waals surface area contributed by atoms with Gasteiger partial charge in [-0.2, -0.15) is 0 Å². The van der Waals surface area contributed by atoms with E-state index in [9.17, 15) is 8.42 Å². The number of nitrogens with zero attached hydrogens (tertiary/aromatic N) is 2. The van der Waals surface area contributed by atoms with Crippen molar-refractivity contribution in [1.82, 2.24) is 15.5 Å². The van der Waals surface area contributed by atoms with E-state index in [1.807, 2.05) is 19.1 Å². The third-order valence-corrected chi connectivity index (χ3v) is 6.45. The lowest BCUT2D eigenvalue weighted by atomic mass is 10.1. The number of methoxy groups -OCH3 is 1. The van der Waals surface area contributed by atoms with Crippen molar-refractivity contribution in [3.8, 4) is 11.5 Å². The molecule has 1 aromatic rings. The fourth-order valence-electron chi connectivity index (χ4n) is 3.17. The number of guanidine groups is 1. The van der Waals surface area contributed by atoms with Crippen LogP contribution in [0.1, 0.15) is 18.9 Å². The minimum atomic E-state index is -2.82. The molecule has 0 atom stereocenters. The second-order valence-corrected chi connectivity index (χ2v) is 9.24. The second kappa shape index (κ2) is 13.9. The number of aryl methyl sites for hydroxylation is 1. The van der Waals surface area contributed by atoms with E-state index in [-0.39, 0.29) is 35.5 Å². The summed E-state index contributed by atoms with van der Waals surface area (Å²) in [4.78, 5) is 6.41. The van der Waals surface area contributed by atoms with Gasteiger partial charge in [0.05, 0.1) is 25.2 Å². The van der Waals surface area contributed by atoms with Gasteiger partial charge in [0.25, 0.3) is 0 Å². The van der Waals surface area contributed by atoms with Crippen LogP contribution >= 0.6 is 24.0 Å². The minimum absolute atomic E-state index is 0. The van der Waals surface area contributed by atoms with Crippen LogP contribution in [0.3, 0.4) is 0 Å². The first-order valence-corrected chi connectivity index (χ1v) is 12.0. The molecule has 0 spiro atoms. The average molecular weight is 554 g/mol. The molecule has 172 valence electrons. The molecule has 0 amide bonds. The maximum Gasteiger partial charge on any atom is 0.191 e. The van der Waals surface area contributed by atoms with Gasteiger partial charge < -0.3 is 20.1 Å². The summed E-state index contributed by atoms with van der Waals surface area (Å²) in [6.07, 6.45) is 1.89. The summed E-state index contributed by atoms with van der Waals surface area (Å²) >= 11 is 0. The number of halogens is 1. The molecule has 0 aromatic heterocycles. The Morgan fingerprint density at radius 1 is 1.17 bits per heavy atom. The molecule has 1 aromatic carbocycles. The molecular weight excluding hydrogens is 519 g/mol. The van der Waals surface area contributed by atoms with Crippen molar-refractivity contribution in [2.24, 2.45) is 4.99 Å². The van der Waals surface area contributed by atoms with Gasteiger partial charge in [-0.25, -0.2) is 8.42 Å². The Bertz CT molecular complexity index is 760. The molecular formula is C20H35IN4O4S. The predicted octanol–water partition coefficient (Wildman–Crippen LogP) is 1.54. The molecule has 0 aliphatic carbocycles. The van der Waals surface area contributed by atoms with E-state index in [0.29, 0.717) is 19.7 Å². The summed E-state index contributed by atoms with van der Waals surface area (Å²) in [5.41, 5.74) is 1.21. The van der Waals surface area contributed by atoms with Crippen molar-refractivity contribution in [3.05, 3.63) is 23.8 Å². The summed E-state index contributed by atoms with van der Waals surface area (Å²) in [7, 11) is 0.574. The summed E-state index contributed by atoms with van der Waals surface area (Å²) < 4.78 is 33.9. The highest BCUT2D eigenvalue weighted by Gasteiger charge is 2.20. The smallest absolute Gasteiger partial charge is 0.191 e. The van der Waals surface area contributed by atoms with Crippen LogP contribution in [0.25, 0.3) is 0 Å². The molecule has 1 fully saturated rings. The number of rotatable bonds is 10. The molecule has 2 rings (SSSR count). The van der Waals surface area contributed by atoms with Crippen molar-refractivity contribution in [1.29, 1.82) is 0 Å². The summed E-state index contributed by atoms with van der Waals surface area (Å²) in [5.74, 6) is 2.82. The molecule has 1 aliphatic heterocycles. The van der Waals surface area contributed by atoms with Crippen molar-refractivity contribution in [3.63, 3.8) is 0 Å². The van der Waals surface area contributed by atoms with E-state index < -0.39 is 9.84 Å². The standard InChI is InChI=1S/C20H34N4O4S.HI/c1-4-28-19-16-17(7-8-18(19)27-3)6-5-9-22-20(21-2)23-10-11-24-12-14-29(25,26)15-13-24;/h7-8,16H,4-6,9-15H2,1-3H3,(H2,21,22,23);1H. The lowest BCUT2D eigenvalue weighted by Crippen LogP contribution is -2.46. The number of aliphatic imine (C=N–C) groups is 1. The Morgan fingerprint density at radius 2 is 1.87 bits per heavy atom. The van der Waals surface area contributed by atoms with Gasteiger partial charge in [0.2, 0.25) is 0 Å². The number of ether oxygens (including phenoxy) is 2.